The molecule has 1 unspecified atom stereocenters. The number of likely N-dealkylation sites (N-methyl/N-ethyl adjacent to an activating group) is 1. The van der Waals surface area contributed by atoms with E-state index in [2.05, 4.69) is 17.4 Å². The first-order valence-electron chi connectivity index (χ1n) is 6.77. The summed E-state index contributed by atoms with van der Waals surface area (Å²) < 4.78 is 0. The van der Waals surface area contributed by atoms with Crippen molar-refractivity contribution >= 4 is 18.3 Å². The van der Waals surface area contributed by atoms with Gasteiger partial charge in [0.15, 0.2) is 0 Å². The van der Waals surface area contributed by atoms with E-state index in [1.165, 1.54) is 5.56 Å². The lowest BCUT2D eigenvalue weighted by molar-refractivity contribution is -0.134. The lowest BCUT2D eigenvalue weighted by Gasteiger charge is -2.27. The standard InChI is InChI=1S/C15H22N2O.ClH/c1-17(11-9-13-6-3-2-4-7-13)15(18)14-8-5-10-16-12-14;/h2-4,6-7,14,16H,5,8-12H2,1H3;1H. The Morgan fingerprint density at radius 3 is 2.74 bits per heavy atom. The van der Waals surface area contributed by atoms with Gasteiger partial charge in [0.1, 0.15) is 0 Å². The Kier molecular flexibility index (Phi) is 6.89. The molecule has 106 valence electrons. The van der Waals surface area contributed by atoms with E-state index in [9.17, 15) is 4.79 Å². The molecule has 1 aliphatic rings. The second kappa shape index (κ2) is 8.18. The van der Waals surface area contributed by atoms with Gasteiger partial charge >= 0.3 is 0 Å². The average molecular weight is 283 g/mol. The monoisotopic (exact) mass is 282 g/mol. The van der Waals surface area contributed by atoms with Crippen molar-refractivity contribution in [2.45, 2.75) is 19.3 Å². The van der Waals surface area contributed by atoms with Gasteiger partial charge in [-0.1, -0.05) is 30.3 Å². The highest BCUT2D eigenvalue weighted by Crippen LogP contribution is 2.13. The van der Waals surface area contributed by atoms with E-state index >= 15 is 0 Å². The molecular weight excluding hydrogens is 260 g/mol. The Morgan fingerprint density at radius 1 is 1.37 bits per heavy atom. The molecule has 1 aromatic rings. The fourth-order valence-electron chi connectivity index (χ4n) is 2.43. The SMILES string of the molecule is CN(CCc1ccccc1)C(=O)C1CCCNC1.Cl. The van der Waals surface area contributed by atoms with Gasteiger partial charge in [0.05, 0.1) is 5.92 Å². The highest BCUT2D eigenvalue weighted by atomic mass is 35.5. The van der Waals surface area contributed by atoms with Gasteiger partial charge in [-0.3, -0.25) is 4.79 Å². The number of rotatable bonds is 4. The Morgan fingerprint density at radius 2 is 2.11 bits per heavy atom. The number of nitrogens with one attached hydrogen (secondary N) is 1. The fourth-order valence-corrected chi connectivity index (χ4v) is 2.43. The summed E-state index contributed by atoms with van der Waals surface area (Å²) in [5.74, 6) is 0.470. The van der Waals surface area contributed by atoms with Gasteiger partial charge in [-0.05, 0) is 31.4 Å². The number of benzene rings is 1. The van der Waals surface area contributed by atoms with Crippen molar-refractivity contribution in [1.82, 2.24) is 10.2 Å². The van der Waals surface area contributed by atoms with Crippen LogP contribution in [-0.4, -0.2) is 37.5 Å². The maximum absolute atomic E-state index is 12.2. The molecule has 19 heavy (non-hydrogen) atoms. The molecular formula is C15H23ClN2O. The average Bonchev–Trinajstić information content (AvgIpc) is 2.46. The number of nitrogens with zero attached hydrogens (tertiary/aromatic N) is 1. The van der Waals surface area contributed by atoms with Gasteiger partial charge in [0.25, 0.3) is 0 Å². The second-order valence-corrected chi connectivity index (χ2v) is 5.04. The molecule has 1 amide bonds. The second-order valence-electron chi connectivity index (χ2n) is 5.04. The maximum atomic E-state index is 12.2. The van der Waals surface area contributed by atoms with Gasteiger partial charge in [0.2, 0.25) is 5.91 Å². The van der Waals surface area contributed by atoms with Crippen molar-refractivity contribution in [1.29, 1.82) is 0 Å². The molecule has 3 nitrogen and oxygen atoms in total. The third kappa shape index (κ3) is 4.84. The first-order valence-corrected chi connectivity index (χ1v) is 6.77. The Labute approximate surface area is 121 Å². The zero-order chi connectivity index (χ0) is 12.8. The van der Waals surface area contributed by atoms with Crippen LogP contribution in [0.25, 0.3) is 0 Å². The lowest BCUT2D eigenvalue weighted by Crippen LogP contribution is -2.42. The van der Waals surface area contributed by atoms with E-state index in [1.807, 2.05) is 30.1 Å². The molecule has 1 heterocycles. The molecule has 0 radical (unpaired) electrons. The van der Waals surface area contributed by atoms with Crippen LogP contribution in [0.5, 0.6) is 0 Å². The number of halogens is 1. The summed E-state index contributed by atoms with van der Waals surface area (Å²) in [7, 11) is 1.92. The van der Waals surface area contributed by atoms with Crippen molar-refractivity contribution in [3.8, 4) is 0 Å². The molecule has 1 aliphatic heterocycles. The Bertz CT molecular complexity index is 377. The smallest absolute Gasteiger partial charge is 0.226 e. The van der Waals surface area contributed by atoms with E-state index < -0.39 is 0 Å². The minimum atomic E-state index is 0. The van der Waals surface area contributed by atoms with Crippen LogP contribution in [-0.2, 0) is 11.2 Å². The third-order valence-electron chi connectivity index (χ3n) is 3.60. The van der Waals surface area contributed by atoms with Gasteiger partial charge in [0, 0.05) is 20.1 Å². The van der Waals surface area contributed by atoms with Gasteiger partial charge in [-0.25, -0.2) is 0 Å². The molecule has 0 bridgehead atoms. The quantitative estimate of drug-likeness (QED) is 0.917. The van der Waals surface area contributed by atoms with Gasteiger partial charge < -0.3 is 10.2 Å². The summed E-state index contributed by atoms with van der Waals surface area (Å²) in [5.41, 5.74) is 1.29. The summed E-state index contributed by atoms with van der Waals surface area (Å²) in [6.45, 7) is 2.70. The summed E-state index contributed by atoms with van der Waals surface area (Å²) in [5, 5.41) is 3.30. The molecule has 2 rings (SSSR count). The Hall–Kier alpha value is -1.06. The van der Waals surface area contributed by atoms with Crippen LogP contribution in [0.4, 0.5) is 0 Å². The van der Waals surface area contributed by atoms with Crippen LogP contribution in [0.3, 0.4) is 0 Å². The number of carbonyl (C=O) groups is 1. The minimum Gasteiger partial charge on any atom is -0.345 e. The fraction of sp³-hybridized carbons (Fsp3) is 0.533. The first kappa shape index (κ1) is 16.0. The zero-order valence-corrected chi connectivity index (χ0v) is 12.3. The van der Waals surface area contributed by atoms with Crippen LogP contribution in [0.1, 0.15) is 18.4 Å². The number of piperidine rings is 1. The van der Waals surface area contributed by atoms with Gasteiger partial charge in [-0.2, -0.15) is 0 Å². The van der Waals surface area contributed by atoms with Crippen molar-refractivity contribution in [2.24, 2.45) is 5.92 Å². The summed E-state index contributed by atoms with van der Waals surface area (Å²) in [6, 6.07) is 10.3. The number of hydrogen-bond donors (Lipinski definition) is 1. The van der Waals surface area contributed by atoms with Crippen molar-refractivity contribution < 1.29 is 4.79 Å². The van der Waals surface area contributed by atoms with Crippen molar-refractivity contribution in [3.63, 3.8) is 0 Å². The third-order valence-corrected chi connectivity index (χ3v) is 3.60. The first-order chi connectivity index (χ1) is 8.77. The van der Waals surface area contributed by atoms with Crippen LogP contribution >= 0.6 is 12.4 Å². The highest BCUT2D eigenvalue weighted by molar-refractivity contribution is 5.85. The number of carbonyl (C=O) groups excluding carboxylic acids is 1. The zero-order valence-electron chi connectivity index (χ0n) is 11.5. The molecule has 0 aliphatic carbocycles. The van der Waals surface area contributed by atoms with Crippen LogP contribution in [0, 0.1) is 5.92 Å². The molecule has 1 atom stereocenters. The number of hydrogen-bond acceptors (Lipinski definition) is 2. The number of amides is 1. The maximum Gasteiger partial charge on any atom is 0.226 e. The summed E-state index contributed by atoms with van der Waals surface area (Å²) in [6.07, 6.45) is 3.08. The van der Waals surface area contributed by atoms with E-state index in [4.69, 9.17) is 0 Å². The molecule has 0 aromatic heterocycles. The lowest BCUT2D eigenvalue weighted by atomic mass is 9.98. The molecule has 0 saturated carbocycles. The molecule has 1 saturated heterocycles. The van der Waals surface area contributed by atoms with Crippen LogP contribution < -0.4 is 5.32 Å². The molecule has 1 fully saturated rings. The van der Waals surface area contributed by atoms with Crippen molar-refractivity contribution in [3.05, 3.63) is 35.9 Å². The molecule has 4 heteroatoms. The van der Waals surface area contributed by atoms with E-state index in [0.717, 1.165) is 38.9 Å². The van der Waals surface area contributed by atoms with E-state index in [-0.39, 0.29) is 24.2 Å². The van der Waals surface area contributed by atoms with Crippen LogP contribution in [0.15, 0.2) is 30.3 Å². The van der Waals surface area contributed by atoms with Gasteiger partial charge in [-0.15, -0.1) is 12.4 Å². The molecule has 1 aromatic carbocycles. The van der Waals surface area contributed by atoms with Crippen molar-refractivity contribution in [2.75, 3.05) is 26.7 Å². The molecule has 0 spiro atoms. The topological polar surface area (TPSA) is 32.3 Å². The highest BCUT2D eigenvalue weighted by Gasteiger charge is 2.23. The largest absolute Gasteiger partial charge is 0.345 e. The Balaban J connectivity index is 0.00000180. The summed E-state index contributed by atoms with van der Waals surface area (Å²) in [4.78, 5) is 14.1. The van der Waals surface area contributed by atoms with E-state index in [1.54, 1.807) is 0 Å². The predicted molar refractivity (Wildman–Crippen MR) is 80.6 cm³/mol. The predicted octanol–water partition coefficient (Wildman–Crippen LogP) is 2.11. The minimum absolute atomic E-state index is 0. The van der Waals surface area contributed by atoms with Crippen LogP contribution in [0.2, 0.25) is 0 Å². The van der Waals surface area contributed by atoms with E-state index in [0.29, 0.717) is 0 Å². The normalized spacial score (nSPS) is 18.5. The molecule has 1 N–H and O–H groups in total. The summed E-state index contributed by atoms with van der Waals surface area (Å²) >= 11 is 0.